The molecular formula is C17H24N4O2S. The summed E-state index contributed by atoms with van der Waals surface area (Å²) >= 11 is 0. The molecule has 0 saturated carbocycles. The topological polar surface area (TPSA) is 58.4 Å². The second-order valence-corrected chi connectivity index (χ2v) is 8.25. The minimum absolute atomic E-state index is 0.570. The van der Waals surface area contributed by atoms with Crippen molar-refractivity contribution in [3.05, 3.63) is 53.9 Å². The molecule has 7 heteroatoms. The lowest BCUT2D eigenvalue weighted by Gasteiger charge is -2.22. The second-order valence-electron chi connectivity index (χ2n) is 6.26. The van der Waals surface area contributed by atoms with Crippen LogP contribution in [0.1, 0.15) is 17.5 Å². The van der Waals surface area contributed by atoms with Crippen molar-refractivity contribution >= 4 is 10.0 Å². The van der Waals surface area contributed by atoms with Crippen molar-refractivity contribution in [2.75, 3.05) is 32.4 Å². The molecule has 1 aliphatic heterocycles. The van der Waals surface area contributed by atoms with Crippen LogP contribution in [0.3, 0.4) is 0 Å². The van der Waals surface area contributed by atoms with E-state index < -0.39 is 10.0 Å². The molecule has 1 saturated heterocycles. The van der Waals surface area contributed by atoms with Gasteiger partial charge >= 0.3 is 0 Å². The van der Waals surface area contributed by atoms with Crippen molar-refractivity contribution in [2.24, 2.45) is 0 Å². The van der Waals surface area contributed by atoms with Gasteiger partial charge in [-0.2, -0.15) is 5.10 Å². The second kappa shape index (κ2) is 7.46. The fraction of sp³-hybridized carbons (Fsp3) is 0.471. The van der Waals surface area contributed by atoms with Gasteiger partial charge in [0.15, 0.2) is 0 Å². The Morgan fingerprint density at radius 3 is 2.42 bits per heavy atom. The van der Waals surface area contributed by atoms with E-state index in [1.165, 1.54) is 17.4 Å². The number of hydrogen-bond acceptors (Lipinski definition) is 4. The van der Waals surface area contributed by atoms with E-state index in [0.29, 0.717) is 13.1 Å². The van der Waals surface area contributed by atoms with E-state index in [1.54, 1.807) is 10.5 Å². The minimum atomic E-state index is -3.09. The van der Waals surface area contributed by atoms with E-state index in [4.69, 9.17) is 0 Å². The monoisotopic (exact) mass is 348 g/mol. The van der Waals surface area contributed by atoms with Crippen molar-refractivity contribution in [2.45, 2.75) is 19.5 Å². The molecule has 0 radical (unpaired) electrons. The molecule has 1 fully saturated rings. The molecule has 0 amide bonds. The average molecular weight is 348 g/mol. The molecule has 0 atom stereocenters. The van der Waals surface area contributed by atoms with E-state index >= 15 is 0 Å². The Bertz CT molecular complexity index is 759. The van der Waals surface area contributed by atoms with E-state index in [9.17, 15) is 8.42 Å². The van der Waals surface area contributed by atoms with E-state index in [2.05, 4.69) is 34.3 Å². The van der Waals surface area contributed by atoms with Gasteiger partial charge in [0.05, 0.1) is 12.8 Å². The number of aromatic nitrogens is 2. The maximum Gasteiger partial charge on any atom is 0.211 e. The third-order valence-electron chi connectivity index (χ3n) is 4.42. The molecule has 0 aliphatic carbocycles. The van der Waals surface area contributed by atoms with E-state index in [0.717, 1.165) is 32.6 Å². The van der Waals surface area contributed by atoms with Crippen LogP contribution in [0.25, 0.3) is 0 Å². The van der Waals surface area contributed by atoms with Crippen LogP contribution in [0, 0.1) is 0 Å². The summed E-state index contributed by atoms with van der Waals surface area (Å²) in [6.45, 7) is 4.47. The first kappa shape index (κ1) is 17.1. The molecule has 130 valence electrons. The van der Waals surface area contributed by atoms with Crippen LogP contribution in [0.4, 0.5) is 0 Å². The summed E-state index contributed by atoms with van der Waals surface area (Å²) in [4.78, 5) is 2.34. The highest BCUT2D eigenvalue weighted by atomic mass is 32.2. The van der Waals surface area contributed by atoms with Crippen molar-refractivity contribution in [3.8, 4) is 0 Å². The fourth-order valence-corrected chi connectivity index (χ4v) is 3.99. The Labute approximate surface area is 143 Å². The highest BCUT2D eigenvalue weighted by molar-refractivity contribution is 7.88. The van der Waals surface area contributed by atoms with Gasteiger partial charge < -0.3 is 0 Å². The highest BCUT2D eigenvalue weighted by Crippen LogP contribution is 2.15. The minimum Gasteiger partial charge on any atom is -0.298 e. The fourth-order valence-electron chi connectivity index (χ4n) is 3.11. The molecule has 0 N–H and O–H groups in total. The van der Waals surface area contributed by atoms with E-state index in [1.807, 2.05) is 16.9 Å². The van der Waals surface area contributed by atoms with Gasteiger partial charge in [-0.25, -0.2) is 12.7 Å². The lowest BCUT2D eigenvalue weighted by Crippen LogP contribution is -2.34. The summed E-state index contributed by atoms with van der Waals surface area (Å²) in [5, 5.41) is 4.28. The Morgan fingerprint density at radius 2 is 1.75 bits per heavy atom. The largest absolute Gasteiger partial charge is 0.298 e. The summed E-state index contributed by atoms with van der Waals surface area (Å²) in [6.07, 6.45) is 5.92. The summed E-state index contributed by atoms with van der Waals surface area (Å²) in [5.74, 6) is 0. The summed E-state index contributed by atoms with van der Waals surface area (Å²) in [7, 11) is -3.09. The van der Waals surface area contributed by atoms with E-state index in [-0.39, 0.29) is 0 Å². The van der Waals surface area contributed by atoms with Crippen molar-refractivity contribution in [1.82, 2.24) is 19.0 Å². The van der Waals surface area contributed by atoms with Gasteiger partial charge in [-0.05, 0) is 30.2 Å². The molecule has 0 bridgehead atoms. The van der Waals surface area contributed by atoms with Crippen LogP contribution in [0.5, 0.6) is 0 Å². The SMILES string of the molecule is CS(=O)(=O)N1CCCN(Cc2ccccc2Cn2cccn2)CC1. The normalized spacial score (nSPS) is 17.7. The van der Waals surface area contributed by atoms with Gasteiger partial charge in [-0.15, -0.1) is 0 Å². The van der Waals surface area contributed by atoms with Gasteiger partial charge in [0.2, 0.25) is 10.0 Å². The molecular weight excluding hydrogens is 324 g/mol. The third kappa shape index (κ3) is 4.43. The van der Waals surface area contributed by atoms with Crippen molar-refractivity contribution in [3.63, 3.8) is 0 Å². The highest BCUT2D eigenvalue weighted by Gasteiger charge is 2.21. The van der Waals surface area contributed by atoms with Gasteiger partial charge in [0, 0.05) is 38.6 Å². The lowest BCUT2D eigenvalue weighted by atomic mass is 10.1. The molecule has 6 nitrogen and oxygen atoms in total. The number of sulfonamides is 1. The molecule has 1 aromatic heterocycles. The zero-order valence-corrected chi connectivity index (χ0v) is 14.8. The molecule has 24 heavy (non-hydrogen) atoms. The standard InChI is InChI=1S/C17H24N4O2S/c1-24(22,23)21-11-5-9-19(12-13-21)14-16-6-2-3-7-17(16)15-20-10-4-8-18-20/h2-4,6-8,10H,5,9,11-15H2,1H3. The van der Waals surface area contributed by atoms with Gasteiger partial charge in [-0.3, -0.25) is 9.58 Å². The zero-order valence-electron chi connectivity index (χ0n) is 14.0. The smallest absolute Gasteiger partial charge is 0.211 e. The summed E-state index contributed by atoms with van der Waals surface area (Å²) < 4.78 is 27.0. The predicted octanol–water partition coefficient (Wildman–Crippen LogP) is 1.40. The van der Waals surface area contributed by atoms with Crippen molar-refractivity contribution < 1.29 is 8.42 Å². The Balaban J connectivity index is 1.68. The number of hydrogen-bond donors (Lipinski definition) is 0. The van der Waals surface area contributed by atoms with Gasteiger partial charge in [-0.1, -0.05) is 24.3 Å². The molecule has 2 aromatic rings. The average Bonchev–Trinajstić information content (AvgIpc) is 2.92. The Morgan fingerprint density at radius 1 is 1.00 bits per heavy atom. The van der Waals surface area contributed by atoms with Crippen LogP contribution >= 0.6 is 0 Å². The van der Waals surface area contributed by atoms with Crippen LogP contribution in [0.2, 0.25) is 0 Å². The first-order valence-electron chi connectivity index (χ1n) is 8.24. The third-order valence-corrected chi connectivity index (χ3v) is 5.72. The zero-order chi connectivity index (χ0) is 17.0. The van der Waals surface area contributed by atoms with Crippen LogP contribution in [-0.4, -0.2) is 59.8 Å². The van der Waals surface area contributed by atoms with Gasteiger partial charge in [0.25, 0.3) is 0 Å². The molecule has 0 spiro atoms. The Hall–Kier alpha value is -1.70. The maximum absolute atomic E-state index is 11.7. The molecule has 1 aliphatic rings. The van der Waals surface area contributed by atoms with Crippen molar-refractivity contribution in [1.29, 1.82) is 0 Å². The molecule has 3 rings (SSSR count). The lowest BCUT2D eigenvalue weighted by molar-refractivity contribution is 0.278. The first-order valence-corrected chi connectivity index (χ1v) is 10.1. The van der Waals surface area contributed by atoms with Crippen LogP contribution in [-0.2, 0) is 23.1 Å². The quantitative estimate of drug-likeness (QED) is 0.820. The first-order chi connectivity index (χ1) is 11.5. The van der Waals surface area contributed by atoms with Gasteiger partial charge in [0.1, 0.15) is 0 Å². The maximum atomic E-state index is 11.7. The number of benzene rings is 1. The number of rotatable bonds is 5. The predicted molar refractivity (Wildman–Crippen MR) is 94.1 cm³/mol. The number of nitrogens with zero attached hydrogens (tertiary/aromatic N) is 4. The Kier molecular flexibility index (Phi) is 5.33. The molecule has 2 heterocycles. The van der Waals surface area contributed by atoms with Crippen LogP contribution in [0.15, 0.2) is 42.7 Å². The molecule has 1 aromatic carbocycles. The summed E-state index contributed by atoms with van der Waals surface area (Å²) in [6, 6.07) is 10.3. The summed E-state index contributed by atoms with van der Waals surface area (Å²) in [5.41, 5.74) is 2.53. The van der Waals surface area contributed by atoms with Crippen LogP contribution < -0.4 is 0 Å². The molecule has 0 unspecified atom stereocenters.